The molecule has 1 aliphatic rings. The SMILES string of the molecule is COC(=O)c1ccc(N2NC(=O)C(=Cc3ccc(-c4ccc(Cl)c(C(=O)OC)c4)o3)C2=O)cc1. The number of rotatable bonds is 5. The second-order valence-corrected chi connectivity index (χ2v) is 7.47. The molecule has 1 N–H and O–H groups in total. The molecule has 0 radical (unpaired) electrons. The molecule has 2 aromatic carbocycles. The van der Waals surface area contributed by atoms with Crippen molar-refractivity contribution in [2.24, 2.45) is 0 Å². The Balaban J connectivity index is 1.58. The van der Waals surface area contributed by atoms with Crippen LogP contribution in [0.2, 0.25) is 5.02 Å². The van der Waals surface area contributed by atoms with Gasteiger partial charge in [-0.2, -0.15) is 0 Å². The molecule has 0 spiro atoms. The molecule has 1 aliphatic heterocycles. The fourth-order valence-electron chi connectivity index (χ4n) is 3.28. The maximum absolute atomic E-state index is 12.8. The Bertz CT molecular complexity index is 1340. The lowest BCUT2D eigenvalue weighted by molar-refractivity contribution is -0.117. The van der Waals surface area contributed by atoms with Crippen molar-refractivity contribution in [1.82, 2.24) is 5.43 Å². The molecule has 0 aliphatic carbocycles. The van der Waals surface area contributed by atoms with Gasteiger partial charge in [0.25, 0.3) is 11.8 Å². The topological polar surface area (TPSA) is 115 Å². The number of carbonyl (C=O) groups excluding carboxylic acids is 4. The van der Waals surface area contributed by atoms with E-state index >= 15 is 0 Å². The van der Waals surface area contributed by atoms with E-state index in [0.717, 1.165) is 5.01 Å². The van der Waals surface area contributed by atoms with Gasteiger partial charge in [-0.25, -0.2) is 14.6 Å². The highest BCUT2D eigenvalue weighted by atomic mass is 35.5. The molecule has 172 valence electrons. The largest absolute Gasteiger partial charge is 0.465 e. The van der Waals surface area contributed by atoms with Crippen LogP contribution in [0.4, 0.5) is 5.69 Å². The Labute approximate surface area is 198 Å². The van der Waals surface area contributed by atoms with Crippen LogP contribution < -0.4 is 10.4 Å². The van der Waals surface area contributed by atoms with Gasteiger partial charge in [0.05, 0.1) is 36.1 Å². The maximum atomic E-state index is 12.8. The summed E-state index contributed by atoms with van der Waals surface area (Å²) in [4.78, 5) is 48.7. The molecule has 4 rings (SSSR count). The number of hydrogen-bond acceptors (Lipinski definition) is 7. The zero-order valence-electron chi connectivity index (χ0n) is 18.0. The summed E-state index contributed by atoms with van der Waals surface area (Å²) >= 11 is 6.05. The Morgan fingerprint density at radius 2 is 1.68 bits per heavy atom. The highest BCUT2D eigenvalue weighted by Crippen LogP contribution is 2.29. The third kappa shape index (κ3) is 4.28. The van der Waals surface area contributed by atoms with Crippen molar-refractivity contribution < 1.29 is 33.1 Å². The van der Waals surface area contributed by atoms with Gasteiger partial charge in [0.2, 0.25) is 0 Å². The smallest absolute Gasteiger partial charge is 0.339 e. The molecule has 9 nitrogen and oxygen atoms in total. The summed E-state index contributed by atoms with van der Waals surface area (Å²) in [5.74, 6) is -1.65. The predicted octanol–water partition coefficient (Wildman–Crippen LogP) is 3.63. The van der Waals surface area contributed by atoms with Crippen LogP contribution in [-0.2, 0) is 19.1 Å². The van der Waals surface area contributed by atoms with Crippen LogP contribution >= 0.6 is 11.6 Å². The number of esters is 2. The van der Waals surface area contributed by atoms with Crippen LogP contribution in [-0.4, -0.2) is 38.0 Å². The number of nitrogens with zero attached hydrogens (tertiary/aromatic N) is 1. The summed E-state index contributed by atoms with van der Waals surface area (Å²) in [6.45, 7) is 0. The Hall–Kier alpha value is -4.37. The molecule has 3 aromatic rings. The first-order valence-corrected chi connectivity index (χ1v) is 10.2. The summed E-state index contributed by atoms with van der Waals surface area (Å²) in [7, 11) is 2.52. The molecule has 2 amide bonds. The number of amides is 2. The van der Waals surface area contributed by atoms with E-state index in [2.05, 4.69) is 10.2 Å². The minimum absolute atomic E-state index is 0.135. The zero-order valence-corrected chi connectivity index (χ0v) is 18.7. The summed E-state index contributed by atoms with van der Waals surface area (Å²) in [5, 5.41) is 1.30. The van der Waals surface area contributed by atoms with Crippen molar-refractivity contribution in [2.45, 2.75) is 0 Å². The summed E-state index contributed by atoms with van der Waals surface area (Å²) in [5.41, 5.74) is 3.75. The van der Waals surface area contributed by atoms with Gasteiger partial charge in [-0.1, -0.05) is 11.6 Å². The van der Waals surface area contributed by atoms with Gasteiger partial charge < -0.3 is 13.9 Å². The van der Waals surface area contributed by atoms with Crippen molar-refractivity contribution in [3.63, 3.8) is 0 Å². The molecule has 10 heteroatoms. The number of ether oxygens (including phenoxy) is 2. The maximum Gasteiger partial charge on any atom is 0.339 e. The second-order valence-electron chi connectivity index (χ2n) is 7.07. The van der Waals surface area contributed by atoms with Crippen molar-refractivity contribution in [3.05, 3.63) is 82.1 Å². The molecule has 1 saturated heterocycles. The Morgan fingerprint density at radius 1 is 0.971 bits per heavy atom. The third-order valence-corrected chi connectivity index (χ3v) is 5.34. The van der Waals surface area contributed by atoms with Crippen LogP contribution in [0, 0.1) is 0 Å². The molecule has 0 bridgehead atoms. The van der Waals surface area contributed by atoms with E-state index < -0.39 is 23.8 Å². The highest BCUT2D eigenvalue weighted by Gasteiger charge is 2.34. The van der Waals surface area contributed by atoms with Gasteiger partial charge in [-0.05, 0) is 60.7 Å². The first-order chi connectivity index (χ1) is 16.3. The number of anilines is 1. The number of carbonyl (C=O) groups is 4. The monoisotopic (exact) mass is 480 g/mol. The number of hydrazine groups is 1. The van der Waals surface area contributed by atoms with Crippen LogP contribution in [0.15, 0.2) is 64.6 Å². The standard InChI is InChI=1S/C24H17ClN2O7/c1-32-23(30)13-3-6-15(7-4-13)27-22(29)18(21(28)26-27)12-16-8-10-20(34-16)14-5-9-19(25)17(11-14)24(31)33-2/h3-12H,1-2H3,(H,26,28). The molecule has 1 fully saturated rings. The van der Waals surface area contributed by atoms with E-state index in [0.29, 0.717) is 22.6 Å². The number of hydrogen-bond donors (Lipinski definition) is 1. The average molecular weight is 481 g/mol. The normalized spacial score (nSPS) is 14.3. The fraction of sp³-hybridized carbons (Fsp3) is 0.0833. The Morgan fingerprint density at radius 3 is 2.35 bits per heavy atom. The Kier molecular flexibility index (Phi) is 6.20. The molecule has 0 atom stereocenters. The second kappa shape index (κ2) is 9.24. The van der Waals surface area contributed by atoms with Crippen molar-refractivity contribution in [2.75, 3.05) is 19.2 Å². The molecular formula is C24H17ClN2O7. The minimum Gasteiger partial charge on any atom is -0.465 e. The molecule has 0 saturated carbocycles. The van der Waals surface area contributed by atoms with Crippen LogP contribution in [0.1, 0.15) is 26.5 Å². The quantitative estimate of drug-likeness (QED) is 0.337. The zero-order chi connectivity index (χ0) is 24.4. The minimum atomic E-state index is -0.612. The third-order valence-electron chi connectivity index (χ3n) is 5.01. The van der Waals surface area contributed by atoms with Crippen LogP contribution in [0.5, 0.6) is 0 Å². The van der Waals surface area contributed by atoms with Crippen molar-refractivity contribution in [1.29, 1.82) is 0 Å². The molecule has 2 heterocycles. The van der Waals surface area contributed by atoms with E-state index in [-0.39, 0.29) is 21.9 Å². The number of nitrogens with one attached hydrogen (secondary N) is 1. The lowest BCUT2D eigenvalue weighted by Gasteiger charge is -2.14. The van der Waals surface area contributed by atoms with Gasteiger partial charge in [0.1, 0.15) is 17.1 Å². The lowest BCUT2D eigenvalue weighted by atomic mass is 10.1. The molecule has 0 unspecified atom stereocenters. The van der Waals surface area contributed by atoms with E-state index in [1.54, 1.807) is 24.3 Å². The average Bonchev–Trinajstić information content (AvgIpc) is 3.43. The summed E-state index contributed by atoms with van der Waals surface area (Å²) in [6.07, 6.45) is 1.32. The summed E-state index contributed by atoms with van der Waals surface area (Å²) < 4.78 is 15.1. The van der Waals surface area contributed by atoms with Crippen LogP contribution in [0.3, 0.4) is 0 Å². The highest BCUT2D eigenvalue weighted by molar-refractivity contribution is 6.33. The molecular weight excluding hydrogens is 464 g/mol. The fourth-order valence-corrected chi connectivity index (χ4v) is 3.47. The van der Waals surface area contributed by atoms with Gasteiger partial charge in [0.15, 0.2) is 0 Å². The lowest BCUT2D eigenvalue weighted by Crippen LogP contribution is -2.35. The van der Waals surface area contributed by atoms with E-state index in [9.17, 15) is 19.2 Å². The summed E-state index contributed by atoms with van der Waals surface area (Å²) in [6, 6.07) is 13.9. The van der Waals surface area contributed by atoms with Gasteiger partial charge in [-0.3, -0.25) is 15.0 Å². The predicted molar refractivity (Wildman–Crippen MR) is 122 cm³/mol. The van der Waals surface area contributed by atoms with Gasteiger partial charge >= 0.3 is 11.9 Å². The van der Waals surface area contributed by atoms with Crippen molar-refractivity contribution >= 4 is 47.1 Å². The van der Waals surface area contributed by atoms with E-state index in [1.807, 2.05) is 0 Å². The van der Waals surface area contributed by atoms with Crippen LogP contribution in [0.25, 0.3) is 17.4 Å². The number of halogens is 1. The first-order valence-electron chi connectivity index (χ1n) is 9.86. The van der Waals surface area contributed by atoms with Gasteiger partial charge in [0, 0.05) is 5.56 Å². The van der Waals surface area contributed by atoms with E-state index in [4.69, 9.17) is 20.8 Å². The number of benzene rings is 2. The van der Waals surface area contributed by atoms with E-state index in [1.165, 1.54) is 50.6 Å². The number of furan rings is 1. The van der Waals surface area contributed by atoms with Gasteiger partial charge in [-0.15, -0.1) is 0 Å². The molecule has 1 aromatic heterocycles. The first kappa shape index (κ1) is 22.8. The number of methoxy groups -OCH3 is 2. The van der Waals surface area contributed by atoms with Crippen molar-refractivity contribution in [3.8, 4) is 11.3 Å². The molecule has 34 heavy (non-hydrogen) atoms.